The first kappa shape index (κ1) is 13.1. The fourth-order valence-electron chi connectivity index (χ4n) is 3.56. The fourth-order valence-corrected chi connectivity index (χ4v) is 3.56. The molecule has 0 aromatic carbocycles. The van der Waals surface area contributed by atoms with Crippen LogP contribution in [0.15, 0.2) is 11.6 Å². The molecule has 1 N–H and O–H groups in total. The molecule has 1 atom stereocenters. The Morgan fingerprint density at radius 1 is 1.24 bits per heavy atom. The molecule has 98 valence electrons. The van der Waals surface area contributed by atoms with Crippen LogP contribution in [0.2, 0.25) is 0 Å². The topological polar surface area (TPSA) is 12.0 Å². The summed E-state index contributed by atoms with van der Waals surface area (Å²) in [6.07, 6.45) is 16.8. The molecule has 0 radical (unpaired) electrons. The van der Waals surface area contributed by atoms with Crippen LogP contribution in [0.1, 0.15) is 71.1 Å². The van der Waals surface area contributed by atoms with E-state index in [1.165, 1.54) is 64.2 Å². The van der Waals surface area contributed by atoms with Gasteiger partial charge in [-0.2, -0.15) is 0 Å². The van der Waals surface area contributed by atoms with Crippen molar-refractivity contribution in [1.82, 2.24) is 5.32 Å². The maximum atomic E-state index is 3.70. The van der Waals surface area contributed by atoms with E-state index in [2.05, 4.69) is 18.3 Å². The lowest BCUT2D eigenvalue weighted by atomic mass is 9.84. The van der Waals surface area contributed by atoms with Gasteiger partial charge in [-0.3, -0.25) is 0 Å². The van der Waals surface area contributed by atoms with Crippen molar-refractivity contribution in [2.24, 2.45) is 5.92 Å². The zero-order valence-corrected chi connectivity index (χ0v) is 11.5. The lowest BCUT2D eigenvalue weighted by Gasteiger charge is -2.25. The minimum atomic E-state index is 0.699. The second-order valence-electron chi connectivity index (χ2n) is 5.86. The van der Waals surface area contributed by atoms with Crippen molar-refractivity contribution in [3.63, 3.8) is 0 Å². The van der Waals surface area contributed by atoms with Crippen LogP contribution >= 0.6 is 0 Å². The molecule has 0 bridgehead atoms. The molecule has 1 fully saturated rings. The van der Waals surface area contributed by atoms with Gasteiger partial charge in [0, 0.05) is 6.04 Å². The highest BCUT2D eigenvalue weighted by Crippen LogP contribution is 2.30. The van der Waals surface area contributed by atoms with Gasteiger partial charge in [0.05, 0.1) is 0 Å². The van der Waals surface area contributed by atoms with Crippen LogP contribution in [0.5, 0.6) is 0 Å². The minimum Gasteiger partial charge on any atom is -0.311 e. The van der Waals surface area contributed by atoms with Crippen molar-refractivity contribution in [3.05, 3.63) is 11.6 Å². The first-order chi connectivity index (χ1) is 8.40. The molecule has 0 spiro atoms. The van der Waals surface area contributed by atoms with Crippen molar-refractivity contribution < 1.29 is 0 Å². The van der Waals surface area contributed by atoms with E-state index in [1.54, 1.807) is 5.57 Å². The van der Waals surface area contributed by atoms with E-state index in [0.29, 0.717) is 6.04 Å². The molecule has 2 aliphatic rings. The lowest BCUT2D eigenvalue weighted by molar-refractivity contribution is 0.320. The molecule has 1 unspecified atom stereocenters. The van der Waals surface area contributed by atoms with Gasteiger partial charge in [-0.15, -0.1) is 0 Å². The first-order valence-electron chi connectivity index (χ1n) is 7.82. The fraction of sp³-hybridized carbons (Fsp3) is 0.875. The van der Waals surface area contributed by atoms with E-state index < -0.39 is 0 Å². The van der Waals surface area contributed by atoms with Gasteiger partial charge in [0.15, 0.2) is 0 Å². The number of likely N-dealkylation sites (N-methyl/N-ethyl adjacent to an activating group) is 1. The van der Waals surface area contributed by atoms with Crippen molar-refractivity contribution in [1.29, 1.82) is 0 Å². The van der Waals surface area contributed by atoms with Crippen molar-refractivity contribution in [2.45, 2.75) is 77.2 Å². The third-order valence-electron chi connectivity index (χ3n) is 4.56. The summed E-state index contributed by atoms with van der Waals surface area (Å²) < 4.78 is 0. The Labute approximate surface area is 107 Å². The highest BCUT2D eigenvalue weighted by molar-refractivity contribution is 5.15. The summed E-state index contributed by atoms with van der Waals surface area (Å²) in [6, 6.07) is 0.699. The number of rotatable bonds is 6. The summed E-state index contributed by atoms with van der Waals surface area (Å²) in [6.45, 7) is 3.36. The average molecular weight is 235 g/mol. The maximum Gasteiger partial charge on any atom is 0.0279 e. The molecule has 0 saturated heterocycles. The summed E-state index contributed by atoms with van der Waals surface area (Å²) >= 11 is 0. The summed E-state index contributed by atoms with van der Waals surface area (Å²) in [4.78, 5) is 0. The zero-order valence-electron chi connectivity index (χ0n) is 11.5. The van der Waals surface area contributed by atoms with Gasteiger partial charge in [0.2, 0.25) is 0 Å². The maximum absolute atomic E-state index is 3.70. The molecule has 0 aliphatic heterocycles. The minimum absolute atomic E-state index is 0.699. The lowest BCUT2D eigenvalue weighted by Crippen LogP contribution is -2.31. The van der Waals surface area contributed by atoms with E-state index in [4.69, 9.17) is 0 Å². The SMILES string of the molecule is CCNC(CCC1CCCCC1)C1=CCCC1. The van der Waals surface area contributed by atoms with Crippen LogP contribution in [-0.4, -0.2) is 12.6 Å². The van der Waals surface area contributed by atoms with Crippen LogP contribution in [0, 0.1) is 5.92 Å². The van der Waals surface area contributed by atoms with Gasteiger partial charge in [-0.25, -0.2) is 0 Å². The largest absolute Gasteiger partial charge is 0.311 e. The molecule has 2 rings (SSSR count). The third-order valence-corrected chi connectivity index (χ3v) is 4.56. The molecule has 0 aromatic rings. The number of hydrogen-bond acceptors (Lipinski definition) is 1. The summed E-state index contributed by atoms with van der Waals surface area (Å²) in [5.74, 6) is 1.03. The zero-order chi connectivity index (χ0) is 11.9. The molecule has 0 aromatic heterocycles. The van der Waals surface area contributed by atoms with Gasteiger partial charge in [-0.05, 0) is 44.6 Å². The van der Waals surface area contributed by atoms with Crippen LogP contribution in [0.3, 0.4) is 0 Å². The van der Waals surface area contributed by atoms with E-state index in [9.17, 15) is 0 Å². The molecule has 1 nitrogen and oxygen atoms in total. The van der Waals surface area contributed by atoms with Gasteiger partial charge in [-0.1, -0.05) is 50.7 Å². The monoisotopic (exact) mass is 235 g/mol. The van der Waals surface area contributed by atoms with Crippen molar-refractivity contribution in [3.8, 4) is 0 Å². The molecule has 2 aliphatic carbocycles. The Balaban J connectivity index is 1.76. The molecule has 1 saturated carbocycles. The van der Waals surface area contributed by atoms with Crippen molar-refractivity contribution >= 4 is 0 Å². The van der Waals surface area contributed by atoms with Crippen LogP contribution in [0.4, 0.5) is 0 Å². The van der Waals surface area contributed by atoms with Crippen molar-refractivity contribution in [2.75, 3.05) is 6.54 Å². The number of allylic oxidation sites excluding steroid dienone is 1. The van der Waals surface area contributed by atoms with Gasteiger partial charge in [0.25, 0.3) is 0 Å². The predicted molar refractivity (Wildman–Crippen MR) is 75.2 cm³/mol. The first-order valence-corrected chi connectivity index (χ1v) is 7.82. The molecule has 1 heteroatoms. The Hall–Kier alpha value is -0.300. The van der Waals surface area contributed by atoms with E-state index >= 15 is 0 Å². The van der Waals surface area contributed by atoms with Crippen LogP contribution in [0.25, 0.3) is 0 Å². The predicted octanol–water partition coefficient (Wildman–Crippen LogP) is 4.44. The third kappa shape index (κ3) is 4.13. The molecular weight excluding hydrogens is 206 g/mol. The summed E-state index contributed by atoms with van der Waals surface area (Å²) in [5.41, 5.74) is 1.71. The Morgan fingerprint density at radius 3 is 2.71 bits per heavy atom. The highest BCUT2D eigenvalue weighted by Gasteiger charge is 2.19. The van der Waals surface area contributed by atoms with Crippen LogP contribution < -0.4 is 5.32 Å². The van der Waals surface area contributed by atoms with Gasteiger partial charge in [0.1, 0.15) is 0 Å². The normalized spacial score (nSPS) is 23.7. The van der Waals surface area contributed by atoms with Crippen LogP contribution in [-0.2, 0) is 0 Å². The molecule has 17 heavy (non-hydrogen) atoms. The molecule has 0 amide bonds. The number of nitrogens with one attached hydrogen (secondary N) is 1. The number of hydrogen-bond donors (Lipinski definition) is 1. The quantitative estimate of drug-likeness (QED) is 0.671. The van der Waals surface area contributed by atoms with Gasteiger partial charge < -0.3 is 5.32 Å². The van der Waals surface area contributed by atoms with Gasteiger partial charge >= 0.3 is 0 Å². The standard InChI is InChI=1S/C16H29N/c1-2-17-16(15-10-6-7-11-15)13-12-14-8-4-3-5-9-14/h10,14,16-17H,2-9,11-13H2,1H3. The second-order valence-corrected chi connectivity index (χ2v) is 5.86. The Morgan fingerprint density at radius 2 is 2.06 bits per heavy atom. The average Bonchev–Trinajstić information content (AvgIpc) is 2.89. The molecule has 0 heterocycles. The van der Waals surface area contributed by atoms with E-state index in [0.717, 1.165) is 12.5 Å². The highest BCUT2D eigenvalue weighted by atomic mass is 14.9. The Kier molecular flexibility index (Phi) is 5.57. The summed E-state index contributed by atoms with van der Waals surface area (Å²) in [7, 11) is 0. The van der Waals surface area contributed by atoms with E-state index in [1.807, 2.05) is 0 Å². The molecular formula is C16H29N. The summed E-state index contributed by atoms with van der Waals surface area (Å²) in [5, 5.41) is 3.70. The van der Waals surface area contributed by atoms with E-state index in [-0.39, 0.29) is 0 Å². The Bertz CT molecular complexity index is 238. The second kappa shape index (κ2) is 7.20. The smallest absolute Gasteiger partial charge is 0.0279 e.